The van der Waals surface area contributed by atoms with Crippen molar-refractivity contribution in [3.05, 3.63) is 12.2 Å². The standard InChI is InChI=1S/C16H29N/c1-4-13-5-6-14(11-17-16-7-8-16)15(10-13)9-12(2)3/h13-17H,2,4-11H2,1,3H3. The van der Waals surface area contributed by atoms with Crippen molar-refractivity contribution in [3.8, 4) is 0 Å². The van der Waals surface area contributed by atoms with Crippen molar-refractivity contribution in [3.63, 3.8) is 0 Å². The number of rotatable bonds is 6. The molecule has 1 N–H and O–H groups in total. The summed E-state index contributed by atoms with van der Waals surface area (Å²) in [5.41, 5.74) is 1.38. The largest absolute Gasteiger partial charge is 0.314 e. The van der Waals surface area contributed by atoms with Crippen LogP contribution in [0.3, 0.4) is 0 Å². The maximum atomic E-state index is 4.12. The molecular formula is C16H29N. The molecule has 0 heterocycles. The predicted molar refractivity (Wildman–Crippen MR) is 75.1 cm³/mol. The van der Waals surface area contributed by atoms with Gasteiger partial charge in [-0.25, -0.2) is 0 Å². The van der Waals surface area contributed by atoms with Crippen LogP contribution >= 0.6 is 0 Å². The fourth-order valence-electron chi connectivity index (χ4n) is 3.37. The van der Waals surface area contributed by atoms with Gasteiger partial charge in [0.1, 0.15) is 0 Å². The third kappa shape index (κ3) is 4.13. The summed E-state index contributed by atoms with van der Waals surface area (Å²) >= 11 is 0. The summed E-state index contributed by atoms with van der Waals surface area (Å²) in [6.07, 6.45) is 9.80. The first-order valence-electron chi connectivity index (χ1n) is 7.56. The van der Waals surface area contributed by atoms with E-state index in [0.29, 0.717) is 0 Å². The smallest absolute Gasteiger partial charge is 0.00683 e. The summed E-state index contributed by atoms with van der Waals surface area (Å²) in [6.45, 7) is 9.93. The molecule has 1 nitrogen and oxygen atoms in total. The number of nitrogens with one attached hydrogen (secondary N) is 1. The van der Waals surface area contributed by atoms with Gasteiger partial charge in [0.2, 0.25) is 0 Å². The van der Waals surface area contributed by atoms with Crippen LogP contribution in [-0.2, 0) is 0 Å². The van der Waals surface area contributed by atoms with Gasteiger partial charge in [0.05, 0.1) is 0 Å². The Morgan fingerprint density at radius 1 is 1.18 bits per heavy atom. The summed E-state index contributed by atoms with van der Waals surface area (Å²) in [5.74, 6) is 2.80. The van der Waals surface area contributed by atoms with Crippen LogP contribution < -0.4 is 5.32 Å². The summed E-state index contributed by atoms with van der Waals surface area (Å²) in [6, 6.07) is 0.865. The highest BCUT2D eigenvalue weighted by molar-refractivity contribution is 4.95. The van der Waals surface area contributed by atoms with Crippen LogP contribution in [0, 0.1) is 17.8 Å². The molecule has 0 amide bonds. The minimum atomic E-state index is 0.865. The Morgan fingerprint density at radius 3 is 2.53 bits per heavy atom. The minimum absolute atomic E-state index is 0.865. The molecule has 0 radical (unpaired) electrons. The second-order valence-corrected chi connectivity index (χ2v) is 6.45. The first-order chi connectivity index (χ1) is 8.19. The van der Waals surface area contributed by atoms with E-state index in [9.17, 15) is 0 Å². The quantitative estimate of drug-likeness (QED) is 0.682. The van der Waals surface area contributed by atoms with E-state index >= 15 is 0 Å². The number of allylic oxidation sites excluding steroid dienone is 1. The van der Waals surface area contributed by atoms with Gasteiger partial charge in [-0.15, -0.1) is 6.58 Å². The summed E-state index contributed by atoms with van der Waals surface area (Å²) in [4.78, 5) is 0. The average Bonchev–Trinajstić information content (AvgIpc) is 3.10. The first kappa shape index (κ1) is 13.1. The van der Waals surface area contributed by atoms with Crippen LogP contribution in [-0.4, -0.2) is 12.6 Å². The lowest BCUT2D eigenvalue weighted by atomic mass is 9.71. The second-order valence-electron chi connectivity index (χ2n) is 6.45. The van der Waals surface area contributed by atoms with Crippen molar-refractivity contribution in [2.45, 2.75) is 64.8 Å². The Bertz CT molecular complexity index is 254. The SMILES string of the molecule is C=C(C)CC1CC(CC)CCC1CNC1CC1. The van der Waals surface area contributed by atoms with Crippen LogP contribution in [0.15, 0.2) is 12.2 Å². The van der Waals surface area contributed by atoms with E-state index in [1.165, 1.54) is 57.1 Å². The number of hydrogen-bond donors (Lipinski definition) is 1. The molecule has 17 heavy (non-hydrogen) atoms. The zero-order valence-corrected chi connectivity index (χ0v) is 11.7. The van der Waals surface area contributed by atoms with Gasteiger partial charge in [0.25, 0.3) is 0 Å². The van der Waals surface area contributed by atoms with Crippen molar-refractivity contribution in [2.75, 3.05) is 6.54 Å². The van der Waals surface area contributed by atoms with Crippen molar-refractivity contribution < 1.29 is 0 Å². The molecule has 3 atom stereocenters. The molecule has 0 spiro atoms. The molecule has 0 aromatic heterocycles. The van der Waals surface area contributed by atoms with Crippen LogP contribution in [0.4, 0.5) is 0 Å². The molecular weight excluding hydrogens is 206 g/mol. The zero-order valence-electron chi connectivity index (χ0n) is 11.7. The average molecular weight is 235 g/mol. The Morgan fingerprint density at radius 2 is 1.94 bits per heavy atom. The molecule has 2 fully saturated rings. The summed E-state index contributed by atoms with van der Waals surface area (Å²) < 4.78 is 0. The lowest BCUT2D eigenvalue weighted by Crippen LogP contribution is -2.34. The first-order valence-corrected chi connectivity index (χ1v) is 7.56. The maximum absolute atomic E-state index is 4.12. The molecule has 0 bridgehead atoms. The van der Waals surface area contributed by atoms with E-state index in [0.717, 1.165) is 23.8 Å². The van der Waals surface area contributed by atoms with Gasteiger partial charge in [-0.2, -0.15) is 0 Å². The Kier molecular flexibility index (Phi) is 4.67. The van der Waals surface area contributed by atoms with E-state index in [4.69, 9.17) is 0 Å². The molecule has 0 saturated heterocycles. The van der Waals surface area contributed by atoms with Crippen molar-refractivity contribution in [1.29, 1.82) is 0 Å². The summed E-state index contributed by atoms with van der Waals surface area (Å²) in [7, 11) is 0. The van der Waals surface area contributed by atoms with Gasteiger partial charge in [0, 0.05) is 6.04 Å². The van der Waals surface area contributed by atoms with Gasteiger partial charge in [0.15, 0.2) is 0 Å². The molecule has 0 aromatic carbocycles. The Hall–Kier alpha value is -0.300. The van der Waals surface area contributed by atoms with Crippen molar-refractivity contribution >= 4 is 0 Å². The molecule has 3 unspecified atom stereocenters. The topological polar surface area (TPSA) is 12.0 Å². The highest BCUT2D eigenvalue weighted by Crippen LogP contribution is 2.38. The lowest BCUT2D eigenvalue weighted by molar-refractivity contribution is 0.171. The van der Waals surface area contributed by atoms with Crippen molar-refractivity contribution in [2.24, 2.45) is 17.8 Å². The minimum Gasteiger partial charge on any atom is -0.314 e. The Balaban J connectivity index is 1.84. The summed E-state index contributed by atoms with van der Waals surface area (Å²) in [5, 5.41) is 3.73. The molecule has 0 aromatic rings. The molecule has 0 aliphatic heterocycles. The molecule has 98 valence electrons. The van der Waals surface area contributed by atoms with Crippen LogP contribution in [0.25, 0.3) is 0 Å². The number of hydrogen-bond acceptors (Lipinski definition) is 1. The fourth-order valence-corrected chi connectivity index (χ4v) is 3.37. The normalized spacial score (nSPS) is 33.6. The van der Waals surface area contributed by atoms with Gasteiger partial charge in [-0.3, -0.25) is 0 Å². The van der Waals surface area contributed by atoms with Crippen LogP contribution in [0.2, 0.25) is 0 Å². The molecule has 2 aliphatic carbocycles. The molecule has 2 saturated carbocycles. The van der Waals surface area contributed by atoms with Crippen molar-refractivity contribution in [1.82, 2.24) is 5.32 Å². The third-order valence-corrected chi connectivity index (χ3v) is 4.68. The predicted octanol–water partition coefficient (Wildman–Crippen LogP) is 4.15. The fraction of sp³-hybridized carbons (Fsp3) is 0.875. The third-order valence-electron chi connectivity index (χ3n) is 4.68. The van der Waals surface area contributed by atoms with E-state index < -0.39 is 0 Å². The highest BCUT2D eigenvalue weighted by atomic mass is 14.9. The molecule has 2 aliphatic rings. The van der Waals surface area contributed by atoms with Crippen LogP contribution in [0.5, 0.6) is 0 Å². The monoisotopic (exact) mass is 235 g/mol. The van der Waals surface area contributed by atoms with E-state index in [1.54, 1.807) is 0 Å². The zero-order chi connectivity index (χ0) is 12.3. The lowest BCUT2D eigenvalue weighted by Gasteiger charge is -2.36. The highest BCUT2D eigenvalue weighted by Gasteiger charge is 2.31. The van der Waals surface area contributed by atoms with Gasteiger partial charge >= 0.3 is 0 Å². The maximum Gasteiger partial charge on any atom is 0.00683 e. The van der Waals surface area contributed by atoms with Gasteiger partial charge < -0.3 is 5.32 Å². The van der Waals surface area contributed by atoms with E-state index in [-0.39, 0.29) is 0 Å². The van der Waals surface area contributed by atoms with Gasteiger partial charge in [-0.1, -0.05) is 25.3 Å². The van der Waals surface area contributed by atoms with E-state index in [2.05, 4.69) is 25.7 Å². The second kappa shape index (κ2) is 6.04. The molecule has 2 rings (SSSR count). The Labute approximate surface area is 107 Å². The molecule has 1 heteroatoms. The van der Waals surface area contributed by atoms with E-state index in [1.807, 2.05) is 0 Å². The van der Waals surface area contributed by atoms with Crippen LogP contribution in [0.1, 0.15) is 58.8 Å². The van der Waals surface area contributed by atoms with Gasteiger partial charge in [-0.05, 0) is 63.3 Å².